The Balaban J connectivity index is 2.39. The average molecular weight is 232 g/mol. The molecule has 0 aromatic rings. The highest BCUT2D eigenvalue weighted by atomic mass is 32.2. The van der Waals surface area contributed by atoms with E-state index in [1.54, 1.807) is 0 Å². The number of ether oxygens (including phenoxy) is 1. The third kappa shape index (κ3) is 3.68. The number of carboxylic acids is 1. The number of aliphatic carboxylic acids is 1. The maximum absolute atomic E-state index is 11.3. The van der Waals surface area contributed by atoms with Crippen LogP contribution in [0, 0.1) is 5.41 Å². The van der Waals surface area contributed by atoms with E-state index < -0.39 is 11.4 Å². The highest BCUT2D eigenvalue weighted by molar-refractivity contribution is 7.99. The molecule has 1 saturated heterocycles. The molecular formula is C11H20O3S. The Hall–Kier alpha value is -0.220. The lowest BCUT2D eigenvalue weighted by molar-refractivity contribution is -0.155. The van der Waals surface area contributed by atoms with Crippen LogP contribution < -0.4 is 0 Å². The summed E-state index contributed by atoms with van der Waals surface area (Å²) in [6, 6.07) is 0. The first-order valence-corrected chi connectivity index (χ1v) is 6.75. The van der Waals surface area contributed by atoms with E-state index in [0.717, 1.165) is 24.3 Å². The van der Waals surface area contributed by atoms with Crippen molar-refractivity contribution in [1.29, 1.82) is 0 Å². The molecule has 0 radical (unpaired) electrons. The summed E-state index contributed by atoms with van der Waals surface area (Å²) in [6.07, 6.45) is 3.17. The molecule has 1 aliphatic rings. The van der Waals surface area contributed by atoms with Crippen LogP contribution in [0.5, 0.6) is 0 Å². The topological polar surface area (TPSA) is 46.5 Å². The first-order valence-electron chi connectivity index (χ1n) is 5.60. The van der Waals surface area contributed by atoms with Crippen molar-refractivity contribution >= 4 is 17.7 Å². The number of rotatable bonds is 6. The first-order chi connectivity index (χ1) is 7.21. The van der Waals surface area contributed by atoms with E-state index in [0.29, 0.717) is 26.1 Å². The van der Waals surface area contributed by atoms with Crippen LogP contribution in [0.3, 0.4) is 0 Å². The number of carboxylic acid groups (broad SMARTS) is 1. The van der Waals surface area contributed by atoms with Crippen molar-refractivity contribution in [1.82, 2.24) is 0 Å². The molecule has 1 aliphatic heterocycles. The van der Waals surface area contributed by atoms with Gasteiger partial charge in [0.2, 0.25) is 0 Å². The van der Waals surface area contributed by atoms with Crippen molar-refractivity contribution in [3.8, 4) is 0 Å². The van der Waals surface area contributed by atoms with Crippen LogP contribution >= 0.6 is 11.8 Å². The van der Waals surface area contributed by atoms with Gasteiger partial charge in [0, 0.05) is 13.2 Å². The Morgan fingerprint density at radius 2 is 2.13 bits per heavy atom. The fourth-order valence-electron chi connectivity index (χ4n) is 1.99. The molecule has 0 atom stereocenters. The Kier molecular flexibility index (Phi) is 5.47. The van der Waals surface area contributed by atoms with Crippen LogP contribution in [0.2, 0.25) is 0 Å². The van der Waals surface area contributed by atoms with Gasteiger partial charge in [-0.15, -0.1) is 0 Å². The highest BCUT2D eigenvalue weighted by Crippen LogP contribution is 2.36. The molecule has 1 heterocycles. The second-order valence-corrected chi connectivity index (χ2v) is 5.39. The van der Waals surface area contributed by atoms with Crippen LogP contribution in [-0.2, 0) is 9.53 Å². The molecular weight excluding hydrogens is 212 g/mol. The Bertz CT molecular complexity index is 200. The SMILES string of the molecule is CCSCCCC1(C(=O)O)CCOCC1. The van der Waals surface area contributed by atoms with Crippen molar-refractivity contribution < 1.29 is 14.6 Å². The van der Waals surface area contributed by atoms with Crippen molar-refractivity contribution in [2.45, 2.75) is 32.6 Å². The molecule has 0 bridgehead atoms. The summed E-state index contributed by atoms with van der Waals surface area (Å²) in [5, 5.41) is 9.28. The van der Waals surface area contributed by atoms with E-state index in [4.69, 9.17) is 4.74 Å². The summed E-state index contributed by atoms with van der Waals surface area (Å²) in [5.41, 5.74) is -0.494. The first kappa shape index (κ1) is 12.8. The molecule has 0 aromatic carbocycles. The Labute approximate surface area is 95.6 Å². The summed E-state index contributed by atoms with van der Waals surface area (Å²) in [6.45, 7) is 3.34. The van der Waals surface area contributed by atoms with E-state index in [2.05, 4.69) is 6.92 Å². The van der Waals surface area contributed by atoms with Gasteiger partial charge in [0.25, 0.3) is 0 Å². The van der Waals surface area contributed by atoms with Gasteiger partial charge in [-0.2, -0.15) is 11.8 Å². The molecule has 1 fully saturated rings. The average Bonchev–Trinajstić information content (AvgIpc) is 2.26. The second kappa shape index (κ2) is 6.38. The van der Waals surface area contributed by atoms with Gasteiger partial charge in [0.1, 0.15) is 0 Å². The lowest BCUT2D eigenvalue weighted by Gasteiger charge is -2.33. The van der Waals surface area contributed by atoms with Gasteiger partial charge in [0.15, 0.2) is 0 Å². The van der Waals surface area contributed by atoms with E-state index in [1.165, 1.54) is 0 Å². The fourth-order valence-corrected chi connectivity index (χ4v) is 2.63. The van der Waals surface area contributed by atoms with E-state index in [9.17, 15) is 9.90 Å². The molecule has 0 saturated carbocycles. The molecule has 1 N–H and O–H groups in total. The molecule has 0 aromatic heterocycles. The number of hydrogen-bond donors (Lipinski definition) is 1. The number of thioether (sulfide) groups is 1. The quantitative estimate of drug-likeness (QED) is 0.714. The van der Waals surface area contributed by atoms with E-state index >= 15 is 0 Å². The summed E-state index contributed by atoms with van der Waals surface area (Å²) >= 11 is 1.88. The molecule has 0 spiro atoms. The summed E-state index contributed by atoms with van der Waals surface area (Å²) < 4.78 is 5.23. The lowest BCUT2D eigenvalue weighted by Crippen LogP contribution is -2.37. The maximum atomic E-state index is 11.3. The predicted octanol–water partition coefficient (Wildman–Crippen LogP) is 2.40. The predicted molar refractivity (Wildman–Crippen MR) is 62.4 cm³/mol. The highest BCUT2D eigenvalue weighted by Gasteiger charge is 2.39. The van der Waals surface area contributed by atoms with Crippen LogP contribution in [0.25, 0.3) is 0 Å². The number of hydrogen-bond acceptors (Lipinski definition) is 3. The van der Waals surface area contributed by atoms with Gasteiger partial charge in [0.05, 0.1) is 5.41 Å². The molecule has 88 valence electrons. The normalized spacial score (nSPS) is 20.1. The molecule has 3 nitrogen and oxygen atoms in total. The standard InChI is InChI=1S/C11H20O3S/c1-2-15-9-3-4-11(10(12)13)5-7-14-8-6-11/h2-9H2,1H3,(H,12,13). The van der Waals surface area contributed by atoms with Crippen LogP contribution in [0.15, 0.2) is 0 Å². The zero-order chi connectivity index (χ0) is 11.1. The number of carbonyl (C=O) groups is 1. The molecule has 15 heavy (non-hydrogen) atoms. The van der Waals surface area contributed by atoms with Gasteiger partial charge in [-0.3, -0.25) is 4.79 Å². The minimum absolute atomic E-state index is 0.494. The summed E-state index contributed by atoms with van der Waals surface area (Å²) in [5.74, 6) is 1.56. The third-order valence-corrected chi connectivity index (χ3v) is 4.04. The Morgan fingerprint density at radius 3 is 2.67 bits per heavy atom. The van der Waals surface area contributed by atoms with Crippen molar-refractivity contribution in [3.63, 3.8) is 0 Å². The van der Waals surface area contributed by atoms with Crippen molar-refractivity contribution in [2.24, 2.45) is 5.41 Å². The Morgan fingerprint density at radius 1 is 1.47 bits per heavy atom. The van der Waals surface area contributed by atoms with E-state index in [1.807, 2.05) is 11.8 Å². The monoisotopic (exact) mass is 232 g/mol. The van der Waals surface area contributed by atoms with Gasteiger partial charge in [-0.1, -0.05) is 6.92 Å². The third-order valence-electron chi connectivity index (χ3n) is 3.05. The minimum Gasteiger partial charge on any atom is -0.481 e. The molecule has 1 rings (SSSR count). The van der Waals surface area contributed by atoms with Gasteiger partial charge in [-0.25, -0.2) is 0 Å². The largest absolute Gasteiger partial charge is 0.481 e. The van der Waals surface area contributed by atoms with Gasteiger partial charge < -0.3 is 9.84 Å². The zero-order valence-corrected chi connectivity index (χ0v) is 10.1. The van der Waals surface area contributed by atoms with Crippen LogP contribution in [0.1, 0.15) is 32.6 Å². The zero-order valence-electron chi connectivity index (χ0n) is 9.33. The minimum atomic E-state index is -0.632. The summed E-state index contributed by atoms with van der Waals surface area (Å²) in [4.78, 5) is 11.3. The van der Waals surface area contributed by atoms with Crippen LogP contribution in [-0.4, -0.2) is 35.8 Å². The molecule has 0 aliphatic carbocycles. The van der Waals surface area contributed by atoms with Crippen molar-refractivity contribution in [3.05, 3.63) is 0 Å². The molecule has 0 amide bonds. The molecule has 0 unspecified atom stereocenters. The van der Waals surface area contributed by atoms with E-state index in [-0.39, 0.29) is 0 Å². The maximum Gasteiger partial charge on any atom is 0.309 e. The van der Waals surface area contributed by atoms with Crippen LogP contribution in [0.4, 0.5) is 0 Å². The smallest absolute Gasteiger partial charge is 0.309 e. The van der Waals surface area contributed by atoms with Gasteiger partial charge in [-0.05, 0) is 37.2 Å². The molecule has 4 heteroatoms. The lowest BCUT2D eigenvalue weighted by atomic mass is 9.77. The van der Waals surface area contributed by atoms with Crippen molar-refractivity contribution in [2.75, 3.05) is 24.7 Å². The second-order valence-electron chi connectivity index (χ2n) is 4.00. The fraction of sp³-hybridized carbons (Fsp3) is 0.909. The summed E-state index contributed by atoms with van der Waals surface area (Å²) in [7, 11) is 0. The van der Waals surface area contributed by atoms with Gasteiger partial charge >= 0.3 is 5.97 Å².